The van der Waals surface area contributed by atoms with E-state index in [0.29, 0.717) is 15.4 Å². The molecule has 0 radical (unpaired) electrons. The Morgan fingerprint density at radius 2 is 2.08 bits per heavy atom. The maximum atomic E-state index is 5.95. The lowest BCUT2D eigenvalue weighted by Crippen LogP contribution is -1.85. The molecule has 0 bridgehead atoms. The maximum absolute atomic E-state index is 5.95. The highest BCUT2D eigenvalue weighted by Gasteiger charge is 2.05. The fourth-order valence-electron chi connectivity index (χ4n) is 0.849. The second-order valence-electron chi connectivity index (χ2n) is 2.34. The van der Waals surface area contributed by atoms with Crippen molar-refractivity contribution in [2.24, 2.45) is 0 Å². The molecule has 0 saturated carbocycles. The third-order valence-corrected chi connectivity index (χ3v) is 2.99. The van der Waals surface area contributed by atoms with E-state index in [4.69, 9.17) is 23.2 Å². The molecule has 1 aromatic carbocycles. The van der Waals surface area contributed by atoms with Crippen molar-refractivity contribution in [3.05, 3.63) is 40.4 Å². The predicted octanol–water partition coefficient (Wildman–Crippen LogP) is 4.40. The van der Waals surface area contributed by atoms with Gasteiger partial charge in [0.15, 0.2) is 0 Å². The molecule has 0 atom stereocenters. The Balaban J connectivity index is 3.16. The first-order chi connectivity index (χ1) is 5.66. The molecular formula is C9H7BrCl2. The van der Waals surface area contributed by atoms with E-state index in [2.05, 4.69) is 22.5 Å². The molecule has 12 heavy (non-hydrogen) atoms. The average Bonchev–Trinajstić information content (AvgIpc) is 2.08. The van der Waals surface area contributed by atoms with Crippen LogP contribution < -0.4 is 0 Å². The highest BCUT2D eigenvalue weighted by atomic mass is 79.9. The fraction of sp³-hybridized carbons (Fsp3) is 0.111. The van der Waals surface area contributed by atoms with Crippen LogP contribution in [0.2, 0.25) is 10.0 Å². The summed E-state index contributed by atoms with van der Waals surface area (Å²) in [7, 11) is 0. The van der Waals surface area contributed by atoms with E-state index in [9.17, 15) is 0 Å². The van der Waals surface area contributed by atoms with Crippen LogP contribution in [-0.4, -0.2) is 5.33 Å². The smallest absolute Gasteiger partial charge is 0.0667 e. The molecular weight excluding hydrogens is 259 g/mol. The van der Waals surface area contributed by atoms with Crippen molar-refractivity contribution in [2.75, 3.05) is 5.33 Å². The third-order valence-electron chi connectivity index (χ3n) is 1.49. The van der Waals surface area contributed by atoms with Crippen molar-refractivity contribution in [2.45, 2.75) is 0 Å². The van der Waals surface area contributed by atoms with Crippen LogP contribution in [0.4, 0.5) is 0 Å². The van der Waals surface area contributed by atoms with E-state index in [-0.39, 0.29) is 0 Å². The number of halogens is 3. The van der Waals surface area contributed by atoms with Gasteiger partial charge in [-0.2, -0.15) is 0 Å². The molecule has 0 saturated heterocycles. The molecule has 64 valence electrons. The molecule has 0 fully saturated rings. The largest absolute Gasteiger partial charge is 0.0943 e. The molecule has 0 nitrogen and oxygen atoms in total. The second-order valence-corrected chi connectivity index (χ2v) is 3.68. The number of hydrogen-bond acceptors (Lipinski definition) is 0. The number of alkyl halides is 1. The zero-order chi connectivity index (χ0) is 9.14. The van der Waals surface area contributed by atoms with Crippen molar-refractivity contribution in [3.63, 3.8) is 0 Å². The molecule has 0 aliphatic rings. The van der Waals surface area contributed by atoms with Gasteiger partial charge in [0.25, 0.3) is 0 Å². The van der Waals surface area contributed by atoms with Crippen LogP contribution in [0.5, 0.6) is 0 Å². The second kappa shape index (κ2) is 4.31. The minimum Gasteiger partial charge on any atom is -0.0943 e. The van der Waals surface area contributed by atoms with E-state index in [1.165, 1.54) is 0 Å². The molecule has 0 spiro atoms. The highest BCUT2D eigenvalue weighted by Crippen LogP contribution is 2.30. The van der Waals surface area contributed by atoms with Crippen LogP contribution in [0, 0.1) is 0 Å². The van der Waals surface area contributed by atoms with E-state index in [1.807, 2.05) is 12.1 Å². The molecule has 0 N–H and O–H groups in total. The van der Waals surface area contributed by atoms with Gasteiger partial charge in [0, 0.05) is 5.33 Å². The lowest BCUT2D eigenvalue weighted by atomic mass is 10.1. The molecule has 1 aromatic rings. The minimum absolute atomic E-state index is 0.566. The van der Waals surface area contributed by atoms with Crippen molar-refractivity contribution in [1.82, 2.24) is 0 Å². The van der Waals surface area contributed by atoms with Gasteiger partial charge in [0.2, 0.25) is 0 Å². The monoisotopic (exact) mass is 264 g/mol. The maximum Gasteiger partial charge on any atom is 0.0667 e. The van der Waals surface area contributed by atoms with Gasteiger partial charge in [-0.3, -0.25) is 0 Å². The van der Waals surface area contributed by atoms with Crippen LogP contribution in [0.15, 0.2) is 24.8 Å². The van der Waals surface area contributed by atoms with Gasteiger partial charge in [-0.25, -0.2) is 0 Å². The van der Waals surface area contributed by atoms with Crippen molar-refractivity contribution in [3.8, 4) is 0 Å². The van der Waals surface area contributed by atoms with Gasteiger partial charge in [-0.1, -0.05) is 57.8 Å². The van der Waals surface area contributed by atoms with Crippen LogP contribution in [-0.2, 0) is 0 Å². The minimum atomic E-state index is 0.566. The molecule has 0 aliphatic carbocycles. The Hall–Kier alpha value is 0.0200. The Morgan fingerprint density at radius 1 is 1.42 bits per heavy atom. The topological polar surface area (TPSA) is 0 Å². The lowest BCUT2D eigenvalue weighted by molar-refractivity contribution is 1.59. The normalized spacial score (nSPS) is 9.92. The molecule has 0 aliphatic heterocycles. The third kappa shape index (κ3) is 2.03. The molecule has 0 amide bonds. The quantitative estimate of drug-likeness (QED) is 0.696. The first kappa shape index (κ1) is 10.1. The highest BCUT2D eigenvalue weighted by molar-refractivity contribution is 9.09. The summed E-state index contributed by atoms with van der Waals surface area (Å²) in [6.07, 6.45) is 0. The van der Waals surface area contributed by atoms with Crippen LogP contribution in [0.3, 0.4) is 0 Å². The van der Waals surface area contributed by atoms with E-state index < -0.39 is 0 Å². The average molecular weight is 266 g/mol. The summed E-state index contributed by atoms with van der Waals surface area (Å²) in [6, 6.07) is 5.52. The molecule has 1 rings (SSSR count). The van der Waals surface area contributed by atoms with Gasteiger partial charge in [0.1, 0.15) is 0 Å². The van der Waals surface area contributed by atoms with Gasteiger partial charge < -0.3 is 0 Å². The summed E-state index contributed by atoms with van der Waals surface area (Å²) >= 11 is 15.1. The number of benzene rings is 1. The lowest BCUT2D eigenvalue weighted by Gasteiger charge is -2.05. The first-order valence-corrected chi connectivity index (χ1v) is 5.22. The Labute approximate surface area is 90.3 Å². The number of rotatable bonds is 2. The van der Waals surface area contributed by atoms with E-state index in [1.54, 1.807) is 6.07 Å². The Bertz CT molecular complexity index is 307. The van der Waals surface area contributed by atoms with Crippen molar-refractivity contribution in [1.29, 1.82) is 0 Å². The van der Waals surface area contributed by atoms with Gasteiger partial charge in [-0.05, 0) is 17.2 Å². The summed E-state index contributed by atoms with van der Waals surface area (Å²) in [5, 5.41) is 1.84. The zero-order valence-corrected chi connectivity index (χ0v) is 9.38. The molecule has 0 heterocycles. The standard InChI is InChI=1S/C9H7BrCl2/c1-6(5-10)7-3-2-4-8(11)9(7)12/h2-4H,1,5H2. The summed E-state index contributed by atoms with van der Waals surface area (Å²) in [6.45, 7) is 3.86. The SMILES string of the molecule is C=C(CBr)c1cccc(Cl)c1Cl. The Kier molecular flexibility index (Phi) is 3.63. The summed E-state index contributed by atoms with van der Waals surface area (Å²) in [4.78, 5) is 0. The van der Waals surface area contributed by atoms with Gasteiger partial charge >= 0.3 is 0 Å². The van der Waals surface area contributed by atoms with Crippen LogP contribution in [0.25, 0.3) is 5.57 Å². The van der Waals surface area contributed by atoms with E-state index in [0.717, 1.165) is 11.1 Å². The van der Waals surface area contributed by atoms with Crippen molar-refractivity contribution >= 4 is 44.7 Å². The Morgan fingerprint density at radius 3 is 2.67 bits per heavy atom. The zero-order valence-electron chi connectivity index (χ0n) is 6.28. The molecule has 0 aromatic heterocycles. The van der Waals surface area contributed by atoms with Crippen LogP contribution in [0.1, 0.15) is 5.56 Å². The summed E-state index contributed by atoms with van der Waals surface area (Å²) < 4.78 is 0. The summed E-state index contributed by atoms with van der Waals surface area (Å²) in [5.74, 6) is 0. The fourth-order valence-corrected chi connectivity index (χ4v) is 1.59. The number of allylic oxidation sites excluding steroid dienone is 1. The van der Waals surface area contributed by atoms with Crippen molar-refractivity contribution < 1.29 is 0 Å². The van der Waals surface area contributed by atoms with Gasteiger partial charge in [-0.15, -0.1) is 0 Å². The van der Waals surface area contributed by atoms with E-state index >= 15 is 0 Å². The van der Waals surface area contributed by atoms with Gasteiger partial charge in [0.05, 0.1) is 10.0 Å². The summed E-state index contributed by atoms with van der Waals surface area (Å²) in [5.41, 5.74) is 1.84. The number of hydrogen-bond donors (Lipinski definition) is 0. The first-order valence-electron chi connectivity index (χ1n) is 3.35. The van der Waals surface area contributed by atoms with Crippen LogP contribution >= 0.6 is 39.1 Å². The predicted molar refractivity (Wildman–Crippen MR) is 59.3 cm³/mol. The molecule has 0 unspecified atom stereocenters. The molecule has 3 heteroatoms.